The molecule has 1 fully saturated rings. The van der Waals surface area contributed by atoms with Crippen molar-refractivity contribution < 1.29 is 13.2 Å². The largest absolute Gasteiger partial charge is 0.336 e. The Balaban J connectivity index is 1.53. The maximum Gasteiger partial charge on any atom is 0.253 e. The predicted molar refractivity (Wildman–Crippen MR) is 122 cm³/mol. The number of carbonyl (C=O) groups excluding carboxylic acids is 1. The van der Waals surface area contributed by atoms with Gasteiger partial charge < -0.3 is 4.90 Å². The van der Waals surface area contributed by atoms with Crippen molar-refractivity contribution in [2.24, 2.45) is 0 Å². The summed E-state index contributed by atoms with van der Waals surface area (Å²) >= 11 is 0. The van der Waals surface area contributed by atoms with Crippen LogP contribution in [0, 0.1) is 0 Å². The van der Waals surface area contributed by atoms with Gasteiger partial charge >= 0.3 is 0 Å². The monoisotopic (exact) mass is 427 g/mol. The number of sulfonamides is 1. The van der Waals surface area contributed by atoms with Crippen molar-refractivity contribution in [3.05, 3.63) is 71.8 Å². The summed E-state index contributed by atoms with van der Waals surface area (Å²) in [5, 5.41) is 0. The SMILES string of the molecule is CCN(c1ccc(C(=O)N2CCN(C/C=C/c3ccccc3)CC2)cc1)S(C)(=O)=O. The van der Waals surface area contributed by atoms with Crippen LogP contribution in [0.25, 0.3) is 6.08 Å². The van der Waals surface area contributed by atoms with E-state index in [-0.39, 0.29) is 5.91 Å². The maximum absolute atomic E-state index is 12.8. The lowest BCUT2D eigenvalue weighted by atomic mass is 10.1. The van der Waals surface area contributed by atoms with Crippen LogP contribution in [0.4, 0.5) is 5.69 Å². The number of hydrogen-bond donors (Lipinski definition) is 0. The molecule has 6 nitrogen and oxygen atoms in total. The number of hydrogen-bond acceptors (Lipinski definition) is 4. The van der Waals surface area contributed by atoms with Crippen molar-refractivity contribution in [2.45, 2.75) is 6.92 Å². The summed E-state index contributed by atoms with van der Waals surface area (Å²) in [6, 6.07) is 17.0. The standard InChI is InChI=1S/C23H29N3O3S/c1-3-26(30(2,28)29)22-13-11-21(12-14-22)23(27)25-18-16-24(17-19-25)15-7-10-20-8-5-4-6-9-20/h4-14H,3,15-19H2,1-2H3/b10-7+. The van der Waals surface area contributed by atoms with E-state index < -0.39 is 10.0 Å². The summed E-state index contributed by atoms with van der Waals surface area (Å²) < 4.78 is 25.0. The second-order valence-corrected chi connectivity index (χ2v) is 9.29. The van der Waals surface area contributed by atoms with E-state index >= 15 is 0 Å². The Morgan fingerprint density at radius 3 is 2.20 bits per heavy atom. The van der Waals surface area contributed by atoms with Crippen LogP contribution < -0.4 is 4.31 Å². The van der Waals surface area contributed by atoms with Gasteiger partial charge in [-0.2, -0.15) is 0 Å². The highest BCUT2D eigenvalue weighted by molar-refractivity contribution is 7.92. The van der Waals surface area contributed by atoms with Gasteiger partial charge in [-0.3, -0.25) is 14.0 Å². The van der Waals surface area contributed by atoms with Crippen LogP contribution in [0.15, 0.2) is 60.7 Å². The van der Waals surface area contributed by atoms with E-state index in [1.165, 1.54) is 16.1 Å². The highest BCUT2D eigenvalue weighted by Crippen LogP contribution is 2.19. The van der Waals surface area contributed by atoms with Gasteiger partial charge in [0.05, 0.1) is 11.9 Å². The number of carbonyl (C=O) groups is 1. The van der Waals surface area contributed by atoms with E-state index in [1.807, 2.05) is 23.1 Å². The van der Waals surface area contributed by atoms with Crippen molar-refractivity contribution in [3.63, 3.8) is 0 Å². The predicted octanol–water partition coefficient (Wildman–Crippen LogP) is 2.94. The van der Waals surface area contributed by atoms with Gasteiger partial charge in [-0.1, -0.05) is 42.5 Å². The second kappa shape index (κ2) is 9.91. The molecule has 0 radical (unpaired) electrons. The number of nitrogens with zero attached hydrogens (tertiary/aromatic N) is 3. The van der Waals surface area contributed by atoms with Gasteiger partial charge in [0.1, 0.15) is 0 Å². The van der Waals surface area contributed by atoms with Crippen LogP contribution in [0.2, 0.25) is 0 Å². The molecule has 0 bridgehead atoms. The lowest BCUT2D eigenvalue weighted by Crippen LogP contribution is -2.48. The van der Waals surface area contributed by atoms with Crippen molar-refractivity contribution in [3.8, 4) is 0 Å². The Hall–Kier alpha value is -2.64. The minimum absolute atomic E-state index is 0.0107. The summed E-state index contributed by atoms with van der Waals surface area (Å²) in [4.78, 5) is 17.0. The Labute approximate surface area is 179 Å². The molecule has 1 aliphatic heterocycles. The molecule has 1 heterocycles. The zero-order valence-electron chi connectivity index (χ0n) is 17.6. The van der Waals surface area contributed by atoms with Gasteiger partial charge in [0.15, 0.2) is 0 Å². The lowest BCUT2D eigenvalue weighted by Gasteiger charge is -2.34. The van der Waals surface area contributed by atoms with Gasteiger partial charge in [0.25, 0.3) is 5.91 Å². The first-order valence-electron chi connectivity index (χ1n) is 10.2. The van der Waals surface area contributed by atoms with Gasteiger partial charge in [-0.15, -0.1) is 0 Å². The van der Waals surface area contributed by atoms with Crippen molar-refractivity contribution in [1.82, 2.24) is 9.80 Å². The van der Waals surface area contributed by atoms with Crippen molar-refractivity contribution >= 4 is 27.7 Å². The fourth-order valence-corrected chi connectivity index (χ4v) is 4.57. The zero-order chi connectivity index (χ0) is 21.6. The minimum Gasteiger partial charge on any atom is -0.336 e. The molecule has 1 amide bonds. The number of rotatable bonds is 7. The highest BCUT2D eigenvalue weighted by atomic mass is 32.2. The molecule has 1 aliphatic rings. The summed E-state index contributed by atoms with van der Waals surface area (Å²) in [6.07, 6.45) is 5.46. The fourth-order valence-electron chi connectivity index (χ4n) is 3.60. The van der Waals surface area contributed by atoms with E-state index in [9.17, 15) is 13.2 Å². The molecule has 0 unspecified atom stereocenters. The molecule has 160 valence electrons. The Bertz CT molecular complexity index is 965. The first-order valence-corrected chi connectivity index (χ1v) is 12.0. The average Bonchev–Trinajstić information content (AvgIpc) is 2.74. The lowest BCUT2D eigenvalue weighted by molar-refractivity contribution is 0.0650. The Morgan fingerprint density at radius 2 is 1.63 bits per heavy atom. The molecular formula is C23H29N3O3S. The van der Waals surface area contributed by atoms with Gasteiger partial charge in [-0.25, -0.2) is 8.42 Å². The summed E-state index contributed by atoms with van der Waals surface area (Å²) in [5.41, 5.74) is 2.35. The quantitative estimate of drug-likeness (QED) is 0.682. The van der Waals surface area contributed by atoms with Crippen LogP contribution in [-0.4, -0.2) is 69.6 Å². The zero-order valence-corrected chi connectivity index (χ0v) is 18.4. The van der Waals surface area contributed by atoms with Gasteiger partial charge in [0.2, 0.25) is 10.0 Å². The van der Waals surface area contributed by atoms with Gasteiger partial charge in [0, 0.05) is 44.8 Å². The van der Waals surface area contributed by atoms with Crippen molar-refractivity contribution in [1.29, 1.82) is 0 Å². The van der Waals surface area contributed by atoms with E-state index in [0.717, 1.165) is 19.6 Å². The molecule has 1 saturated heterocycles. The maximum atomic E-state index is 12.8. The van der Waals surface area contributed by atoms with Crippen LogP contribution in [-0.2, 0) is 10.0 Å². The van der Waals surface area contributed by atoms with Crippen LogP contribution >= 0.6 is 0 Å². The smallest absolute Gasteiger partial charge is 0.253 e. The average molecular weight is 428 g/mol. The molecule has 0 atom stereocenters. The van der Waals surface area contributed by atoms with Gasteiger partial charge in [-0.05, 0) is 36.8 Å². The van der Waals surface area contributed by atoms with Crippen molar-refractivity contribution in [2.75, 3.05) is 49.8 Å². The molecular weight excluding hydrogens is 398 g/mol. The molecule has 3 rings (SSSR count). The highest BCUT2D eigenvalue weighted by Gasteiger charge is 2.22. The molecule has 7 heteroatoms. The topological polar surface area (TPSA) is 60.9 Å². The minimum atomic E-state index is -3.33. The second-order valence-electron chi connectivity index (χ2n) is 7.38. The number of anilines is 1. The molecule has 0 N–H and O–H groups in total. The first-order chi connectivity index (χ1) is 14.4. The third-order valence-corrected chi connectivity index (χ3v) is 6.49. The molecule has 30 heavy (non-hydrogen) atoms. The third-order valence-electron chi connectivity index (χ3n) is 5.22. The fraction of sp³-hybridized carbons (Fsp3) is 0.348. The van der Waals surface area contributed by atoms with Crippen LogP contribution in [0.3, 0.4) is 0 Å². The number of amides is 1. The van der Waals surface area contributed by atoms with E-state index in [2.05, 4.69) is 29.2 Å². The van der Waals surface area contributed by atoms with E-state index in [0.29, 0.717) is 30.9 Å². The van der Waals surface area contributed by atoms with E-state index in [4.69, 9.17) is 0 Å². The van der Waals surface area contributed by atoms with Crippen LogP contribution in [0.1, 0.15) is 22.8 Å². The number of piperazine rings is 1. The summed E-state index contributed by atoms with van der Waals surface area (Å²) in [5.74, 6) is -0.0107. The molecule has 0 aromatic heterocycles. The van der Waals surface area contributed by atoms with E-state index in [1.54, 1.807) is 31.2 Å². The molecule has 0 aliphatic carbocycles. The molecule has 2 aromatic rings. The number of benzene rings is 2. The normalized spacial score (nSPS) is 15.5. The third kappa shape index (κ3) is 5.70. The summed E-state index contributed by atoms with van der Waals surface area (Å²) in [7, 11) is -3.33. The molecule has 2 aromatic carbocycles. The molecule has 0 saturated carbocycles. The Kier molecular flexibility index (Phi) is 7.29. The first kappa shape index (κ1) is 22.1. The molecule has 0 spiro atoms. The Morgan fingerprint density at radius 1 is 1.00 bits per heavy atom. The van der Waals surface area contributed by atoms with Crippen LogP contribution in [0.5, 0.6) is 0 Å². The summed E-state index contributed by atoms with van der Waals surface area (Å²) in [6.45, 7) is 6.04.